The molecule has 0 bridgehead atoms. The van der Waals surface area contributed by atoms with Gasteiger partial charge in [-0.3, -0.25) is 4.90 Å². The molecule has 1 fully saturated rings. The molecular weight excluding hydrogens is 278 g/mol. The quantitative estimate of drug-likeness (QED) is 0.751. The summed E-state index contributed by atoms with van der Waals surface area (Å²) in [7, 11) is 2.18. The van der Waals surface area contributed by atoms with E-state index in [1.807, 2.05) is 25.3 Å². The fraction of sp³-hybridized carbons (Fsp3) is 0.625. The molecule has 0 spiro atoms. The van der Waals surface area contributed by atoms with E-state index in [0.717, 1.165) is 62.9 Å². The summed E-state index contributed by atoms with van der Waals surface area (Å²) < 4.78 is 7.73. The molecule has 0 amide bonds. The fourth-order valence-electron chi connectivity index (χ4n) is 2.87. The highest BCUT2D eigenvalue weighted by Gasteiger charge is 2.18. The lowest BCUT2D eigenvalue weighted by atomic mass is 10.3. The molecule has 2 aromatic heterocycles. The summed E-state index contributed by atoms with van der Waals surface area (Å²) in [6, 6.07) is 3.98. The highest BCUT2D eigenvalue weighted by molar-refractivity contribution is 5.71. The standard InChI is InChI=1S/C16H25N5O/c1-3-22-12-11-21-15(13-20-9-7-19(2)8-10-20)18-14-5-4-6-17-16(14)21/h4-6H,3,7-13H2,1-2H3. The van der Waals surface area contributed by atoms with E-state index in [-0.39, 0.29) is 0 Å². The lowest BCUT2D eigenvalue weighted by molar-refractivity contribution is 0.132. The van der Waals surface area contributed by atoms with Crippen LogP contribution in [0.15, 0.2) is 18.3 Å². The maximum atomic E-state index is 5.52. The van der Waals surface area contributed by atoms with Gasteiger partial charge in [0.2, 0.25) is 0 Å². The number of hydrogen-bond donors (Lipinski definition) is 0. The molecule has 2 aromatic rings. The van der Waals surface area contributed by atoms with Crippen molar-refractivity contribution in [1.29, 1.82) is 0 Å². The van der Waals surface area contributed by atoms with Crippen LogP contribution in [0.2, 0.25) is 0 Å². The number of likely N-dealkylation sites (N-methyl/N-ethyl adjacent to an activating group) is 1. The molecule has 1 aliphatic heterocycles. The first-order valence-electron chi connectivity index (χ1n) is 8.06. The monoisotopic (exact) mass is 303 g/mol. The van der Waals surface area contributed by atoms with Crippen LogP contribution >= 0.6 is 0 Å². The highest BCUT2D eigenvalue weighted by atomic mass is 16.5. The number of rotatable bonds is 6. The second-order valence-corrected chi connectivity index (χ2v) is 5.80. The molecular formula is C16H25N5O. The van der Waals surface area contributed by atoms with Gasteiger partial charge in [0.15, 0.2) is 5.65 Å². The van der Waals surface area contributed by atoms with Crippen molar-refractivity contribution < 1.29 is 4.74 Å². The van der Waals surface area contributed by atoms with Gasteiger partial charge in [0.05, 0.1) is 13.2 Å². The molecule has 0 aliphatic carbocycles. The Bertz CT molecular complexity index is 604. The van der Waals surface area contributed by atoms with Gasteiger partial charge in [-0.05, 0) is 26.1 Å². The molecule has 120 valence electrons. The van der Waals surface area contributed by atoms with Crippen LogP contribution in [0.5, 0.6) is 0 Å². The fourth-order valence-corrected chi connectivity index (χ4v) is 2.87. The van der Waals surface area contributed by atoms with Crippen LogP contribution in [0.25, 0.3) is 11.2 Å². The first kappa shape index (κ1) is 15.4. The number of ether oxygens (including phenoxy) is 1. The van der Waals surface area contributed by atoms with Crippen LogP contribution in [0.4, 0.5) is 0 Å². The van der Waals surface area contributed by atoms with Gasteiger partial charge in [-0.15, -0.1) is 0 Å². The number of pyridine rings is 1. The molecule has 1 saturated heterocycles. The van der Waals surface area contributed by atoms with Crippen molar-refractivity contribution in [2.75, 3.05) is 46.4 Å². The Hall–Kier alpha value is -1.50. The number of fused-ring (bicyclic) bond motifs is 1. The number of hydrogen-bond acceptors (Lipinski definition) is 5. The maximum Gasteiger partial charge on any atom is 0.160 e. The van der Waals surface area contributed by atoms with Crippen molar-refractivity contribution >= 4 is 11.2 Å². The van der Waals surface area contributed by atoms with Gasteiger partial charge < -0.3 is 14.2 Å². The third-order valence-corrected chi connectivity index (χ3v) is 4.21. The van der Waals surface area contributed by atoms with E-state index in [9.17, 15) is 0 Å². The topological polar surface area (TPSA) is 46.4 Å². The molecule has 3 heterocycles. The second kappa shape index (κ2) is 7.17. The number of aromatic nitrogens is 3. The van der Waals surface area contributed by atoms with E-state index < -0.39 is 0 Å². The third kappa shape index (κ3) is 3.45. The average Bonchev–Trinajstić information content (AvgIpc) is 2.88. The zero-order valence-corrected chi connectivity index (χ0v) is 13.5. The largest absolute Gasteiger partial charge is 0.380 e. The smallest absolute Gasteiger partial charge is 0.160 e. The summed E-state index contributed by atoms with van der Waals surface area (Å²) in [6.45, 7) is 9.60. The number of piperazine rings is 1. The van der Waals surface area contributed by atoms with Gasteiger partial charge in [0.1, 0.15) is 11.3 Å². The minimum absolute atomic E-state index is 0.703. The van der Waals surface area contributed by atoms with Gasteiger partial charge in [0.25, 0.3) is 0 Å². The lowest BCUT2D eigenvalue weighted by Crippen LogP contribution is -2.44. The zero-order chi connectivity index (χ0) is 15.4. The molecule has 0 radical (unpaired) electrons. The van der Waals surface area contributed by atoms with E-state index >= 15 is 0 Å². The minimum atomic E-state index is 0.703. The lowest BCUT2D eigenvalue weighted by Gasteiger charge is -2.32. The predicted molar refractivity (Wildman–Crippen MR) is 86.8 cm³/mol. The Labute approximate surface area is 131 Å². The van der Waals surface area contributed by atoms with Crippen molar-refractivity contribution in [3.8, 4) is 0 Å². The van der Waals surface area contributed by atoms with Crippen LogP contribution in [-0.2, 0) is 17.8 Å². The van der Waals surface area contributed by atoms with Crippen LogP contribution in [0.3, 0.4) is 0 Å². The molecule has 0 unspecified atom stereocenters. The van der Waals surface area contributed by atoms with Crippen LogP contribution in [0.1, 0.15) is 12.7 Å². The predicted octanol–water partition coefficient (Wildman–Crippen LogP) is 1.22. The summed E-state index contributed by atoms with van der Waals surface area (Å²) in [5.74, 6) is 1.10. The molecule has 0 atom stereocenters. The minimum Gasteiger partial charge on any atom is -0.380 e. The first-order chi connectivity index (χ1) is 10.8. The summed E-state index contributed by atoms with van der Waals surface area (Å²) in [5, 5.41) is 0. The summed E-state index contributed by atoms with van der Waals surface area (Å²) in [5.41, 5.74) is 1.94. The molecule has 6 nitrogen and oxygen atoms in total. The molecule has 0 N–H and O–H groups in total. The van der Waals surface area contributed by atoms with Crippen molar-refractivity contribution in [2.24, 2.45) is 0 Å². The third-order valence-electron chi connectivity index (χ3n) is 4.21. The first-order valence-corrected chi connectivity index (χ1v) is 8.06. The molecule has 6 heteroatoms. The number of imidazole rings is 1. The molecule has 22 heavy (non-hydrogen) atoms. The van der Waals surface area contributed by atoms with Gasteiger partial charge in [-0.1, -0.05) is 0 Å². The average molecular weight is 303 g/mol. The second-order valence-electron chi connectivity index (χ2n) is 5.80. The van der Waals surface area contributed by atoms with Gasteiger partial charge in [-0.25, -0.2) is 9.97 Å². The maximum absolute atomic E-state index is 5.52. The van der Waals surface area contributed by atoms with Crippen molar-refractivity contribution in [2.45, 2.75) is 20.0 Å². The molecule has 3 rings (SSSR count). The van der Waals surface area contributed by atoms with Crippen molar-refractivity contribution in [3.63, 3.8) is 0 Å². The Balaban J connectivity index is 1.79. The van der Waals surface area contributed by atoms with E-state index in [0.29, 0.717) is 6.61 Å². The Kier molecular flexibility index (Phi) is 5.02. The van der Waals surface area contributed by atoms with Crippen molar-refractivity contribution in [1.82, 2.24) is 24.3 Å². The van der Waals surface area contributed by atoms with E-state index in [1.54, 1.807) is 0 Å². The zero-order valence-electron chi connectivity index (χ0n) is 13.5. The molecule has 0 aromatic carbocycles. The summed E-state index contributed by atoms with van der Waals surface area (Å²) in [6.07, 6.45) is 1.83. The van der Waals surface area contributed by atoms with E-state index in [1.165, 1.54) is 0 Å². The van der Waals surface area contributed by atoms with Crippen LogP contribution < -0.4 is 0 Å². The van der Waals surface area contributed by atoms with Crippen LogP contribution in [-0.4, -0.2) is 70.8 Å². The molecule has 1 aliphatic rings. The van der Waals surface area contributed by atoms with E-state index in [4.69, 9.17) is 9.72 Å². The Morgan fingerprint density at radius 1 is 1.23 bits per heavy atom. The van der Waals surface area contributed by atoms with E-state index in [2.05, 4.69) is 26.4 Å². The summed E-state index contributed by atoms with van der Waals surface area (Å²) in [4.78, 5) is 14.1. The molecule has 0 saturated carbocycles. The van der Waals surface area contributed by atoms with Gasteiger partial charge in [-0.2, -0.15) is 0 Å². The summed E-state index contributed by atoms with van der Waals surface area (Å²) >= 11 is 0. The highest BCUT2D eigenvalue weighted by Crippen LogP contribution is 2.16. The van der Waals surface area contributed by atoms with Gasteiger partial charge >= 0.3 is 0 Å². The Morgan fingerprint density at radius 3 is 2.82 bits per heavy atom. The number of nitrogens with zero attached hydrogens (tertiary/aromatic N) is 5. The van der Waals surface area contributed by atoms with Gasteiger partial charge in [0, 0.05) is 45.5 Å². The Morgan fingerprint density at radius 2 is 2.05 bits per heavy atom. The SMILES string of the molecule is CCOCCn1c(CN2CCN(C)CC2)nc2cccnc21. The van der Waals surface area contributed by atoms with Crippen LogP contribution in [0, 0.1) is 0 Å². The van der Waals surface area contributed by atoms with Crippen molar-refractivity contribution in [3.05, 3.63) is 24.2 Å². The normalized spacial score (nSPS) is 17.4.